The van der Waals surface area contributed by atoms with E-state index < -0.39 is 0 Å². The summed E-state index contributed by atoms with van der Waals surface area (Å²) in [4.78, 5) is 8.04. The van der Waals surface area contributed by atoms with Crippen LogP contribution in [0, 0.1) is 0 Å². The monoisotopic (exact) mass is 244 g/mol. The van der Waals surface area contributed by atoms with Crippen molar-refractivity contribution in [3.63, 3.8) is 0 Å². The molecule has 1 fully saturated rings. The Morgan fingerprint density at radius 2 is 2.06 bits per heavy atom. The zero-order chi connectivity index (χ0) is 13.0. The molecule has 0 unspecified atom stereocenters. The van der Waals surface area contributed by atoms with Gasteiger partial charge in [0.1, 0.15) is 5.82 Å². The summed E-state index contributed by atoms with van der Waals surface area (Å²) < 4.78 is 0. The number of hydrogen-bond donors (Lipinski definition) is 2. The number of benzene rings is 1. The lowest BCUT2D eigenvalue weighted by atomic mass is 9.96. The maximum Gasteiger partial charge on any atom is 0.112 e. The van der Waals surface area contributed by atoms with Gasteiger partial charge in [0.25, 0.3) is 0 Å². The zero-order valence-electron chi connectivity index (χ0n) is 11.2. The summed E-state index contributed by atoms with van der Waals surface area (Å²) in [5.74, 6) is 1.02. The van der Waals surface area contributed by atoms with Gasteiger partial charge >= 0.3 is 0 Å². The van der Waals surface area contributed by atoms with Crippen molar-refractivity contribution in [1.82, 2.24) is 9.97 Å². The fourth-order valence-electron chi connectivity index (χ4n) is 2.38. The zero-order valence-corrected chi connectivity index (χ0v) is 11.2. The van der Waals surface area contributed by atoms with Gasteiger partial charge in [0.15, 0.2) is 0 Å². The second-order valence-electron chi connectivity index (χ2n) is 6.51. The Balaban J connectivity index is 2.08. The highest BCUT2D eigenvalue weighted by Crippen LogP contribution is 2.48. The summed E-state index contributed by atoms with van der Waals surface area (Å²) in [6, 6.07) is 6.33. The van der Waals surface area contributed by atoms with E-state index in [4.69, 9.17) is 0 Å². The van der Waals surface area contributed by atoms with Crippen LogP contribution in [0.4, 0.5) is 0 Å². The van der Waals surface area contributed by atoms with Gasteiger partial charge in [-0.05, 0) is 30.5 Å². The first-order valence-electron chi connectivity index (χ1n) is 6.56. The number of aromatic amines is 1. The quantitative estimate of drug-likeness (QED) is 0.853. The molecule has 0 aliphatic heterocycles. The summed E-state index contributed by atoms with van der Waals surface area (Å²) in [7, 11) is 0. The molecule has 0 spiro atoms. The standard InChI is InChI=1S/C15H20N2O/c1-14(2,3)13-16-11-5-4-10(8-12(11)17-13)15(9-18)6-7-15/h4-5,8,18H,6-7,9H2,1-3H3,(H,16,17). The average Bonchev–Trinajstić information content (AvgIpc) is 2.99. The summed E-state index contributed by atoms with van der Waals surface area (Å²) in [6.07, 6.45) is 2.19. The van der Waals surface area contributed by atoms with Crippen molar-refractivity contribution < 1.29 is 5.11 Å². The van der Waals surface area contributed by atoms with Crippen LogP contribution >= 0.6 is 0 Å². The molecule has 3 heteroatoms. The fraction of sp³-hybridized carbons (Fsp3) is 0.533. The molecular formula is C15H20N2O. The molecule has 18 heavy (non-hydrogen) atoms. The lowest BCUT2D eigenvalue weighted by Crippen LogP contribution is -2.13. The van der Waals surface area contributed by atoms with E-state index in [1.54, 1.807) is 0 Å². The number of aliphatic hydroxyl groups excluding tert-OH is 1. The third kappa shape index (κ3) is 1.74. The Morgan fingerprint density at radius 1 is 1.33 bits per heavy atom. The van der Waals surface area contributed by atoms with Gasteiger partial charge in [-0.25, -0.2) is 4.98 Å². The van der Waals surface area contributed by atoms with Crippen LogP contribution in [0.3, 0.4) is 0 Å². The number of imidazole rings is 1. The van der Waals surface area contributed by atoms with Crippen LogP contribution in [0.25, 0.3) is 11.0 Å². The maximum absolute atomic E-state index is 9.49. The SMILES string of the molecule is CC(C)(C)c1nc2ccc(C3(CO)CC3)cc2[nH]1. The second-order valence-corrected chi connectivity index (χ2v) is 6.51. The van der Waals surface area contributed by atoms with Crippen LogP contribution in [0.1, 0.15) is 45.0 Å². The molecule has 1 aromatic heterocycles. The minimum Gasteiger partial charge on any atom is -0.395 e. The number of fused-ring (bicyclic) bond motifs is 1. The van der Waals surface area contributed by atoms with Gasteiger partial charge in [0.2, 0.25) is 0 Å². The number of nitrogens with zero attached hydrogens (tertiary/aromatic N) is 1. The first-order chi connectivity index (χ1) is 8.44. The Kier molecular flexibility index (Phi) is 2.33. The fourth-order valence-corrected chi connectivity index (χ4v) is 2.38. The van der Waals surface area contributed by atoms with Crippen molar-refractivity contribution in [1.29, 1.82) is 0 Å². The van der Waals surface area contributed by atoms with E-state index in [0.29, 0.717) is 0 Å². The summed E-state index contributed by atoms with van der Waals surface area (Å²) in [5, 5.41) is 9.49. The molecule has 96 valence electrons. The maximum atomic E-state index is 9.49. The van der Waals surface area contributed by atoms with Crippen molar-refractivity contribution in [3.05, 3.63) is 29.6 Å². The van der Waals surface area contributed by atoms with Crippen LogP contribution < -0.4 is 0 Å². The van der Waals surface area contributed by atoms with Gasteiger partial charge in [0.05, 0.1) is 17.6 Å². The molecule has 1 aliphatic rings. The average molecular weight is 244 g/mol. The molecule has 2 N–H and O–H groups in total. The smallest absolute Gasteiger partial charge is 0.112 e. The molecule has 3 nitrogen and oxygen atoms in total. The van der Waals surface area contributed by atoms with Crippen LogP contribution in [0.15, 0.2) is 18.2 Å². The van der Waals surface area contributed by atoms with E-state index in [0.717, 1.165) is 29.7 Å². The number of H-pyrrole nitrogens is 1. The molecule has 0 radical (unpaired) electrons. The number of rotatable bonds is 2. The predicted molar refractivity (Wildman–Crippen MR) is 72.8 cm³/mol. The molecular weight excluding hydrogens is 224 g/mol. The van der Waals surface area contributed by atoms with Crippen molar-refractivity contribution in [3.8, 4) is 0 Å². The Labute approximate surface area is 107 Å². The topological polar surface area (TPSA) is 48.9 Å². The van der Waals surface area contributed by atoms with E-state index in [2.05, 4.69) is 48.9 Å². The highest BCUT2D eigenvalue weighted by molar-refractivity contribution is 5.76. The van der Waals surface area contributed by atoms with Gasteiger partial charge in [-0.15, -0.1) is 0 Å². The number of nitrogens with one attached hydrogen (secondary N) is 1. The van der Waals surface area contributed by atoms with Gasteiger partial charge in [-0.3, -0.25) is 0 Å². The highest BCUT2D eigenvalue weighted by Gasteiger charge is 2.43. The Morgan fingerprint density at radius 3 is 2.61 bits per heavy atom. The molecule has 0 amide bonds. The van der Waals surface area contributed by atoms with Crippen LogP contribution in [-0.4, -0.2) is 21.7 Å². The Hall–Kier alpha value is -1.35. The lowest BCUT2D eigenvalue weighted by molar-refractivity contribution is 0.255. The normalized spacial score (nSPS) is 18.2. The Bertz CT molecular complexity index is 588. The van der Waals surface area contributed by atoms with Crippen molar-refractivity contribution in [2.24, 2.45) is 0 Å². The van der Waals surface area contributed by atoms with Crippen LogP contribution in [0.2, 0.25) is 0 Å². The molecule has 3 rings (SSSR count). The summed E-state index contributed by atoms with van der Waals surface area (Å²) in [5.41, 5.74) is 3.39. The van der Waals surface area contributed by atoms with E-state index in [9.17, 15) is 5.11 Å². The third-order valence-electron chi connectivity index (χ3n) is 3.96. The number of aliphatic hydroxyl groups is 1. The van der Waals surface area contributed by atoms with E-state index in [-0.39, 0.29) is 17.4 Å². The molecule has 1 aromatic carbocycles. The molecule has 1 saturated carbocycles. The summed E-state index contributed by atoms with van der Waals surface area (Å²) >= 11 is 0. The minimum atomic E-state index is 0.0290. The van der Waals surface area contributed by atoms with Gasteiger partial charge in [0, 0.05) is 10.8 Å². The second kappa shape index (κ2) is 3.58. The predicted octanol–water partition coefficient (Wildman–Crippen LogP) is 2.88. The number of hydrogen-bond acceptors (Lipinski definition) is 2. The molecule has 0 saturated heterocycles. The van der Waals surface area contributed by atoms with Crippen molar-refractivity contribution >= 4 is 11.0 Å². The molecule has 0 atom stereocenters. The van der Waals surface area contributed by atoms with E-state index in [1.807, 2.05) is 0 Å². The molecule has 0 bridgehead atoms. The first-order valence-corrected chi connectivity index (χ1v) is 6.56. The van der Waals surface area contributed by atoms with E-state index in [1.165, 1.54) is 5.56 Å². The molecule has 1 heterocycles. The van der Waals surface area contributed by atoms with Gasteiger partial charge in [-0.1, -0.05) is 26.8 Å². The van der Waals surface area contributed by atoms with E-state index >= 15 is 0 Å². The molecule has 2 aromatic rings. The van der Waals surface area contributed by atoms with Gasteiger partial charge < -0.3 is 10.1 Å². The first kappa shape index (κ1) is 11.7. The number of aromatic nitrogens is 2. The highest BCUT2D eigenvalue weighted by atomic mass is 16.3. The lowest BCUT2D eigenvalue weighted by Gasteiger charge is -2.13. The van der Waals surface area contributed by atoms with Crippen LogP contribution in [-0.2, 0) is 10.8 Å². The van der Waals surface area contributed by atoms with Crippen LogP contribution in [0.5, 0.6) is 0 Å². The summed E-state index contributed by atoms with van der Waals surface area (Å²) in [6.45, 7) is 6.71. The minimum absolute atomic E-state index is 0.0290. The third-order valence-corrected chi connectivity index (χ3v) is 3.96. The molecule has 1 aliphatic carbocycles. The largest absolute Gasteiger partial charge is 0.395 e. The van der Waals surface area contributed by atoms with Gasteiger partial charge in [-0.2, -0.15) is 0 Å². The van der Waals surface area contributed by atoms with Crippen molar-refractivity contribution in [2.45, 2.75) is 44.4 Å². The van der Waals surface area contributed by atoms with Crippen molar-refractivity contribution in [2.75, 3.05) is 6.61 Å².